The largest absolute Gasteiger partial charge is 0.348 e. The minimum absolute atomic E-state index is 0.0220. The lowest BCUT2D eigenvalue weighted by molar-refractivity contribution is -0.139. The van der Waals surface area contributed by atoms with E-state index in [1.54, 1.807) is 19.0 Å². The Balaban J connectivity index is 2.29. The fraction of sp³-hybridized carbons (Fsp3) is 0.786. The van der Waals surface area contributed by atoms with Gasteiger partial charge in [0.1, 0.15) is 0 Å². The molecule has 0 unspecified atom stereocenters. The highest BCUT2D eigenvalue weighted by molar-refractivity contribution is 6.35. The number of carbonyl (C=O) groups is 3. The number of urea groups is 1. The van der Waals surface area contributed by atoms with Crippen molar-refractivity contribution >= 4 is 17.8 Å². The summed E-state index contributed by atoms with van der Waals surface area (Å²) in [6, 6.07) is -0.0302. The van der Waals surface area contributed by atoms with Gasteiger partial charge in [-0.05, 0) is 32.6 Å². The molecule has 2 N–H and O–H groups in total. The van der Waals surface area contributed by atoms with E-state index in [1.165, 1.54) is 0 Å². The van der Waals surface area contributed by atoms with Crippen molar-refractivity contribution in [3.63, 3.8) is 0 Å². The first-order valence-corrected chi connectivity index (χ1v) is 7.36. The summed E-state index contributed by atoms with van der Waals surface area (Å²) >= 11 is 0. The third-order valence-corrected chi connectivity index (χ3v) is 3.44. The molecule has 1 fully saturated rings. The van der Waals surface area contributed by atoms with Crippen LogP contribution in [0.2, 0.25) is 0 Å². The summed E-state index contributed by atoms with van der Waals surface area (Å²) < 4.78 is 0. The first kappa shape index (κ1) is 17.3. The van der Waals surface area contributed by atoms with Crippen molar-refractivity contribution in [2.75, 3.05) is 33.7 Å². The van der Waals surface area contributed by atoms with Gasteiger partial charge in [-0.3, -0.25) is 9.59 Å². The van der Waals surface area contributed by atoms with Gasteiger partial charge < -0.3 is 20.4 Å². The van der Waals surface area contributed by atoms with E-state index in [0.29, 0.717) is 25.6 Å². The molecule has 1 heterocycles. The Morgan fingerprint density at radius 2 is 1.71 bits per heavy atom. The van der Waals surface area contributed by atoms with Gasteiger partial charge in [-0.2, -0.15) is 0 Å². The summed E-state index contributed by atoms with van der Waals surface area (Å²) in [5.74, 6) is -0.868. The van der Waals surface area contributed by atoms with Gasteiger partial charge in [-0.1, -0.05) is 0 Å². The summed E-state index contributed by atoms with van der Waals surface area (Å²) in [7, 11) is 3.48. The third-order valence-electron chi connectivity index (χ3n) is 3.44. The fourth-order valence-electron chi connectivity index (χ4n) is 2.26. The van der Waals surface area contributed by atoms with Crippen LogP contribution in [0.3, 0.4) is 0 Å². The monoisotopic (exact) mass is 298 g/mol. The minimum atomic E-state index is -0.592. The topological polar surface area (TPSA) is 81.8 Å². The number of nitrogens with one attached hydrogen (secondary N) is 2. The molecule has 0 atom stereocenters. The van der Waals surface area contributed by atoms with Crippen LogP contribution in [0.5, 0.6) is 0 Å². The molecule has 0 bridgehead atoms. The van der Waals surface area contributed by atoms with Crippen LogP contribution in [0, 0.1) is 5.92 Å². The lowest BCUT2D eigenvalue weighted by Crippen LogP contribution is -2.47. The van der Waals surface area contributed by atoms with E-state index in [-0.39, 0.29) is 12.1 Å². The zero-order chi connectivity index (χ0) is 16.0. The molecular formula is C14H26N4O3. The van der Waals surface area contributed by atoms with Gasteiger partial charge in [0.25, 0.3) is 0 Å². The van der Waals surface area contributed by atoms with Crippen molar-refractivity contribution in [1.82, 2.24) is 20.4 Å². The van der Waals surface area contributed by atoms with Crippen LogP contribution in [-0.2, 0) is 9.59 Å². The van der Waals surface area contributed by atoms with Gasteiger partial charge in [0, 0.05) is 39.8 Å². The van der Waals surface area contributed by atoms with E-state index in [9.17, 15) is 14.4 Å². The van der Waals surface area contributed by atoms with Crippen LogP contribution >= 0.6 is 0 Å². The van der Waals surface area contributed by atoms with Crippen molar-refractivity contribution in [1.29, 1.82) is 0 Å². The van der Waals surface area contributed by atoms with Crippen LogP contribution in [0.1, 0.15) is 26.7 Å². The SMILES string of the molecule is CC(C)NC(=O)C(=O)NCC1CCN(C(=O)N(C)C)CC1. The quantitative estimate of drug-likeness (QED) is 0.721. The smallest absolute Gasteiger partial charge is 0.319 e. The number of piperidine rings is 1. The Hall–Kier alpha value is -1.79. The molecule has 120 valence electrons. The molecule has 7 heteroatoms. The molecule has 1 aliphatic rings. The molecule has 0 aromatic rings. The molecule has 0 aromatic heterocycles. The van der Waals surface area contributed by atoms with E-state index >= 15 is 0 Å². The summed E-state index contributed by atoms with van der Waals surface area (Å²) in [5.41, 5.74) is 0. The average molecular weight is 298 g/mol. The highest BCUT2D eigenvalue weighted by atomic mass is 16.2. The number of hydrogen-bond donors (Lipinski definition) is 2. The second kappa shape index (κ2) is 7.85. The Labute approximate surface area is 126 Å². The summed E-state index contributed by atoms with van der Waals surface area (Å²) in [6.07, 6.45) is 1.68. The van der Waals surface area contributed by atoms with Crippen molar-refractivity contribution in [3.8, 4) is 0 Å². The minimum Gasteiger partial charge on any atom is -0.348 e. The van der Waals surface area contributed by atoms with Crippen LogP contribution in [-0.4, -0.2) is 67.4 Å². The molecule has 0 aromatic carbocycles. The zero-order valence-electron chi connectivity index (χ0n) is 13.3. The second-order valence-electron chi connectivity index (χ2n) is 5.95. The number of hydrogen-bond acceptors (Lipinski definition) is 3. The van der Waals surface area contributed by atoms with Gasteiger partial charge in [-0.15, -0.1) is 0 Å². The second-order valence-corrected chi connectivity index (χ2v) is 5.95. The number of nitrogens with zero attached hydrogens (tertiary/aromatic N) is 2. The maximum atomic E-state index is 11.8. The number of amides is 4. The predicted molar refractivity (Wildman–Crippen MR) is 79.7 cm³/mol. The molecular weight excluding hydrogens is 272 g/mol. The zero-order valence-corrected chi connectivity index (χ0v) is 13.3. The number of carbonyl (C=O) groups excluding carboxylic acids is 3. The lowest BCUT2D eigenvalue weighted by Gasteiger charge is -2.33. The number of likely N-dealkylation sites (tertiary alicyclic amines) is 1. The predicted octanol–water partition coefficient (Wildman–Crippen LogP) is 0.0208. The molecule has 7 nitrogen and oxygen atoms in total. The summed E-state index contributed by atoms with van der Waals surface area (Å²) in [4.78, 5) is 38.2. The van der Waals surface area contributed by atoms with Crippen molar-refractivity contribution in [2.24, 2.45) is 5.92 Å². The summed E-state index contributed by atoms with van der Waals surface area (Å²) in [6.45, 7) is 5.48. The van der Waals surface area contributed by atoms with Gasteiger partial charge in [0.2, 0.25) is 0 Å². The first-order valence-electron chi connectivity index (χ1n) is 7.36. The Kier molecular flexibility index (Phi) is 6.45. The molecule has 21 heavy (non-hydrogen) atoms. The molecule has 0 saturated carbocycles. The molecule has 4 amide bonds. The third kappa shape index (κ3) is 5.61. The lowest BCUT2D eigenvalue weighted by atomic mass is 9.97. The van der Waals surface area contributed by atoms with Gasteiger partial charge in [0.05, 0.1) is 0 Å². The Morgan fingerprint density at radius 1 is 1.14 bits per heavy atom. The van der Waals surface area contributed by atoms with Crippen molar-refractivity contribution < 1.29 is 14.4 Å². The van der Waals surface area contributed by atoms with Gasteiger partial charge >= 0.3 is 17.8 Å². The maximum Gasteiger partial charge on any atom is 0.319 e. The van der Waals surface area contributed by atoms with E-state index in [0.717, 1.165) is 12.8 Å². The van der Waals surface area contributed by atoms with Crippen LogP contribution < -0.4 is 10.6 Å². The molecule has 0 aliphatic carbocycles. The van der Waals surface area contributed by atoms with E-state index in [1.807, 2.05) is 18.7 Å². The normalized spacial score (nSPS) is 15.8. The molecule has 1 aliphatic heterocycles. The highest BCUT2D eigenvalue weighted by Crippen LogP contribution is 2.17. The van der Waals surface area contributed by atoms with Gasteiger partial charge in [-0.25, -0.2) is 4.79 Å². The Morgan fingerprint density at radius 3 is 2.19 bits per heavy atom. The molecule has 1 rings (SSSR count). The number of rotatable bonds is 3. The average Bonchev–Trinajstić information content (AvgIpc) is 2.43. The van der Waals surface area contributed by atoms with Crippen molar-refractivity contribution in [2.45, 2.75) is 32.7 Å². The highest BCUT2D eigenvalue weighted by Gasteiger charge is 2.24. The van der Waals surface area contributed by atoms with Crippen LogP contribution in [0.4, 0.5) is 4.79 Å². The standard InChI is InChI=1S/C14H26N4O3/c1-10(2)16-13(20)12(19)15-9-11-5-7-18(8-6-11)14(21)17(3)4/h10-11H,5-9H2,1-4H3,(H,15,19)(H,16,20). The molecule has 1 saturated heterocycles. The van der Waals surface area contributed by atoms with Gasteiger partial charge in [0.15, 0.2) is 0 Å². The first-order chi connectivity index (χ1) is 9.81. The maximum absolute atomic E-state index is 11.8. The van der Waals surface area contributed by atoms with E-state index in [4.69, 9.17) is 0 Å². The molecule has 0 spiro atoms. The Bertz CT molecular complexity index is 388. The molecule has 0 radical (unpaired) electrons. The van der Waals surface area contributed by atoms with Crippen molar-refractivity contribution in [3.05, 3.63) is 0 Å². The van der Waals surface area contributed by atoms with E-state index in [2.05, 4.69) is 10.6 Å². The van der Waals surface area contributed by atoms with E-state index < -0.39 is 11.8 Å². The van der Waals surface area contributed by atoms with Crippen LogP contribution in [0.15, 0.2) is 0 Å². The fourth-order valence-corrected chi connectivity index (χ4v) is 2.26. The van der Waals surface area contributed by atoms with Crippen LogP contribution in [0.25, 0.3) is 0 Å². The summed E-state index contributed by atoms with van der Waals surface area (Å²) in [5, 5.41) is 5.21.